The molecule has 0 aliphatic heterocycles. The number of ether oxygens (including phenoxy) is 1. The Kier molecular flexibility index (Phi) is 4.14. The minimum atomic E-state index is -0.369. The van der Waals surface area contributed by atoms with Crippen molar-refractivity contribution in [2.75, 3.05) is 11.9 Å². The molecule has 0 bridgehead atoms. The fourth-order valence-corrected chi connectivity index (χ4v) is 2.13. The summed E-state index contributed by atoms with van der Waals surface area (Å²) in [5.74, 6) is 1.89. The summed E-state index contributed by atoms with van der Waals surface area (Å²) in [6.45, 7) is 4.33. The van der Waals surface area contributed by atoms with Crippen LogP contribution in [0.25, 0.3) is 11.5 Å². The van der Waals surface area contributed by atoms with Crippen molar-refractivity contribution in [1.29, 1.82) is 0 Å². The number of hydrogen-bond donors (Lipinski definition) is 1. The SMILES string of the molecule is CCOc1ccc(NC(=O)c2ncoc2-c2ccc(C)o2)cc1. The van der Waals surface area contributed by atoms with E-state index in [2.05, 4.69) is 10.3 Å². The topological polar surface area (TPSA) is 77.5 Å². The number of furan rings is 1. The van der Waals surface area contributed by atoms with Gasteiger partial charge in [0.25, 0.3) is 5.91 Å². The van der Waals surface area contributed by atoms with E-state index in [-0.39, 0.29) is 11.6 Å². The molecule has 1 amide bonds. The molecular weight excluding hydrogens is 296 g/mol. The molecule has 2 heterocycles. The molecule has 0 atom stereocenters. The summed E-state index contributed by atoms with van der Waals surface area (Å²) in [6.07, 6.45) is 1.22. The predicted molar refractivity (Wildman–Crippen MR) is 84.5 cm³/mol. The van der Waals surface area contributed by atoms with Gasteiger partial charge in [0, 0.05) is 5.69 Å². The lowest BCUT2D eigenvalue weighted by Crippen LogP contribution is -2.13. The number of nitrogens with one attached hydrogen (secondary N) is 1. The number of carbonyl (C=O) groups is 1. The van der Waals surface area contributed by atoms with Gasteiger partial charge in [0.05, 0.1) is 6.61 Å². The van der Waals surface area contributed by atoms with Gasteiger partial charge in [0.2, 0.25) is 5.76 Å². The quantitative estimate of drug-likeness (QED) is 0.773. The summed E-state index contributed by atoms with van der Waals surface area (Å²) in [5.41, 5.74) is 0.816. The van der Waals surface area contributed by atoms with Crippen LogP contribution in [0.5, 0.6) is 5.75 Å². The third kappa shape index (κ3) is 3.26. The molecule has 6 heteroatoms. The Morgan fingerprint density at radius 3 is 2.65 bits per heavy atom. The van der Waals surface area contributed by atoms with Gasteiger partial charge in [-0.2, -0.15) is 0 Å². The lowest BCUT2D eigenvalue weighted by Gasteiger charge is -2.06. The van der Waals surface area contributed by atoms with Crippen molar-refractivity contribution in [3.8, 4) is 17.3 Å². The Labute approximate surface area is 133 Å². The van der Waals surface area contributed by atoms with E-state index in [4.69, 9.17) is 13.6 Å². The van der Waals surface area contributed by atoms with E-state index in [0.29, 0.717) is 23.8 Å². The molecule has 118 valence electrons. The van der Waals surface area contributed by atoms with Gasteiger partial charge in [0.1, 0.15) is 11.5 Å². The van der Waals surface area contributed by atoms with E-state index in [9.17, 15) is 4.79 Å². The van der Waals surface area contributed by atoms with Crippen molar-refractivity contribution in [1.82, 2.24) is 4.98 Å². The van der Waals surface area contributed by atoms with Gasteiger partial charge in [-0.3, -0.25) is 4.79 Å². The molecule has 3 rings (SSSR count). The molecule has 0 aliphatic carbocycles. The maximum Gasteiger partial charge on any atom is 0.278 e. The van der Waals surface area contributed by atoms with Crippen molar-refractivity contribution < 1.29 is 18.4 Å². The molecule has 6 nitrogen and oxygen atoms in total. The number of hydrogen-bond acceptors (Lipinski definition) is 5. The molecule has 0 saturated heterocycles. The zero-order valence-corrected chi connectivity index (χ0v) is 12.8. The van der Waals surface area contributed by atoms with Crippen LogP contribution in [-0.2, 0) is 0 Å². The first-order valence-corrected chi connectivity index (χ1v) is 7.22. The molecule has 23 heavy (non-hydrogen) atoms. The second kappa shape index (κ2) is 6.39. The number of carbonyl (C=O) groups excluding carboxylic acids is 1. The zero-order chi connectivity index (χ0) is 16.2. The minimum absolute atomic E-state index is 0.174. The Morgan fingerprint density at radius 1 is 1.22 bits per heavy atom. The second-order valence-corrected chi connectivity index (χ2v) is 4.85. The van der Waals surface area contributed by atoms with E-state index in [1.54, 1.807) is 36.4 Å². The average Bonchev–Trinajstić information content (AvgIpc) is 3.18. The van der Waals surface area contributed by atoms with Gasteiger partial charge >= 0.3 is 0 Å². The standard InChI is InChI=1S/C17H16N2O4/c1-3-21-13-7-5-12(6-8-13)19-17(20)15-16(22-10-18-15)14-9-4-11(2)23-14/h4-10H,3H2,1-2H3,(H,19,20). The number of nitrogens with zero attached hydrogens (tertiary/aromatic N) is 1. The molecule has 0 saturated carbocycles. The number of aryl methyl sites for hydroxylation is 1. The van der Waals surface area contributed by atoms with Gasteiger partial charge in [-0.1, -0.05) is 0 Å². The molecule has 0 fully saturated rings. The van der Waals surface area contributed by atoms with Crippen LogP contribution in [0.2, 0.25) is 0 Å². The third-order valence-corrected chi connectivity index (χ3v) is 3.17. The van der Waals surface area contributed by atoms with E-state index in [1.165, 1.54) is 6.39 Å². The van der Waals surface area contributed by atoms with E-state index >= 15 is 0 Å². The van der Waals surface area contributed by atoms with E-state index in [1.807, 2.05) is 13.8 Å². The van der Waals surface area contributed by atoms with Gasteiger partial charge in [-0.25, -0.2) is 4.98 Å². The van der Waals surface area contributed by atoms with Crippen LogP contribution in [0.4, 0.5) is 5.69 Å². The van der Waals surface area contributed by atoms with E-state index < -0.39 is 0 Å². The molecule has 0 aliphatic rings. The Bertz CT molecular complexity index is 802. The van der Waals surface area contributed by atoms with Gasteiger partial charge < -0.3 is 18.9 Å². The molecule has 1 N–H and O–H groups in total. The predicted octanol–water partition coefficient (Wildman–Crippen LogP) is 3.89. The van der Waals surface area contributed by atoms with Gasteiger partial charge in [-0.05, 0) is 50.2 Å². The van der Waals surface area contributed by atoms with Gasteiger partial charge in [0.15, 0.2) is 17.8 Å². The summed E-state index contributed by atoms with van der Waals surface area (Å²) >= 11 is 0. The van der Waals surface area contributed by atoms with Crippen molar-refractivity contribution in [3.63, 3.8) is 0 Å². The monoisotopic (exact) mass is 312 g/mol. The number of amides is 1. The fourth-order valence-electron chi connectivity index (χ4n) is 2.13. The van der Waals surface area contributed by atoms with Crippen molar-refractivity contribution in [2.45, 2.75) is 13.8 Å². The highest BCUT2D eigenvalue weighted by Gasteiger charge is 2.20. The smallest absolute Gasteiger partial charge is 0.278 e. The van der Waals surface area contributed by atoms with Crippen LogP contribution in [0, 0.1) is 6.92 Å². The Balaban J connectivity index is 1.77. The Morgan fingerprint density at radius 2 is 2.00 bits per heavy atom. The minimum Gasteiger partial charge on any atom is -0.494 e. The molecule has 0 radical (unpaired) electrons. The molecule has 1 aromatic carbocycles. The average molecular weight is 312 g/mol. The van der Waals surface area contributed by atoms with Gasteiger partial charge in [-0.15, -0.1) is 0 Å². The highest BCUT2D eigenvalue weighted by Crippen LogP contribution is 2.26. The highest BCUT2D eigenvalue weighted by molar-refractivity contribution is 6.06. The van der Waals surface area contributed by atoms with Crippen LogP contribution in [0.15, 0.2) is 51.6 Å². The normalized spacial score (nSPS) is 10.5. The summed E-state index contributed by atoms with van der Waals surface area (Å²) in [7, 11) is 0. The maximum absolute atomic E-state index is 12.4. The second-order valence-electron chi connectivity index (χ2n) is 4.85. The molecule has 0 spiro atoms. The summed E-state index contributed by atoms with van der Waals surface area (Å²) in [4.78, 5) is 16.4. The van der Waals surface area contributed by atoms with Crippen molar-refractivity contribution in [2.24, 2.45) is 0 Å². The van der Waals surface area contributed by atoms with Crippen LogP contribution in [0.3, 0.4) is 0 Å². The van der Waals surface area contributed by atoms with E-state index in [0.717, 1.165) is 11.5 Å². The van der Waals surface area contributed by atoms with Crippen molar-refractivity contribution in [3.05, 3.63) is 54.2 Å². The lowest BCUT2D eigenvalue weighted by atomic mass is 10.2. The molecular formula is C17H16N2O4. The number of anilines is 1. The maximum atomic E-state index is 12.4. The molecule has 3 aromatic rings. The summed E-state index contributed by atoms with van der Waals surface area (Å²) < 4.78 is 16.1. The van der Waals surface area contributed by atoms with Crippen molar-refractivity contribution >= 4 is 11.6 Å². The molecule has 0 unspecified atom stereocenters. The van der Waals surface area contributed by atoms with Crippen LogP contribution >= 0.6 is 0 Å². The highest BCUT2D eigenvalue weighted by atomic mass is 16.5. The largest absolute Gasteiger partial charge is 0.494 e. The number of benzene rings is 1. The van der Waals surface area contributed by atoms with Crippen LogP contribution < -0.4 is 10.1 Å². The lowest BCUT2D eigenvalue weighted by molar-refractivity contribution is 0.102. The molecule has 2 aromatic heterocycles. The number of rotatable bonds is 5. The first-order valence-electron chi connectivity index (χ1n) is 7.22. The number of aromatic nitrogens is 1. The summed E-state index contributed by atoms with van der Waals surface area (Å²) in [6, 6.07) is 10.6. The van der Waals surface area contributed by atoms with Crippen LogP contribution in [0.1, 0.15) is 23.2 Å². The first kappa shape index (κ1) is 14.9. The first-order chi connectivity index (χ1) is 11.2. The fraction of sp³-hybridized carbons (Fsp3) is 0.176. The third-order valence-electron chi connectivity index (χ3n) is 3.17. The number of oxazole rings is 1. The van der Waals surface area contributed by atoms with Crippen LogP contribution in [-0.4, -0.2) is 17.5 Å². The Hall–Kier alpha value is -3.02. The summed E-state index contributed by atoms with van der Waals surface area (Å²) in [5, 5.41) is 2.77. The zero-order valence-electron chi connectivity index (χ0n) is 12.8.